The lowest BCUT2D eigenvalue weighted by Crippen LogP contribution is -2.35. The van der Waals surface area contributed by atoms with Crippen molar-refractivity contribution in [2.75, 3.05) is 5.75 Å². The summed E-state index contributed by atoms with van der Waals surface area (Å²) in [6.07, 6.45) is 2.88. The summed E-state index contributed by atoms with van der Waals surface area (Å²) in [5.74, 6) is 1.09. The molecule has 0 saturated carbocycles. The molecule has 0 radical (unpaired) electrons. The number of aryl methyl sites for hydroxylation is 1. The molecular weight excluding hydrogens is 438 g/mol. The Bertz CT molecular complexity index is 1170. The third-order valence-electron chi connectivity index (χ3n) is 5.81. The van der Waals surface area contributed by atoms with E-state index in [1.807, 2.05) is 19.9 Å². The van der Waals surface area contributed by atoms with E-state index in [1.54, 1.807) is 17.8 Å². The number of fused-ring (bicyclic) bond motifs is 1. The Morgan fingerprint density at radius 2 is 1.94 bits per heavy atom. The Morgan fingerprint density at radius 1 is 1.22 bits per heavy atom. The van der Waals surface area contributed by atoms with Crippen LogP contribution in [0.15, 0.2) is 46.0 Å². The van der Waals surface area contributed by atoms with E-state index >= 15 is 0 Å². The molecule has 1 unspecified atom stereocenters. The quantitative estimate of drug-likeness (QED) is 0.555. The minimum absolute atomic E-state index is 0.0712. The molecule has 0 fully saturated rings. The second-order valence-corrected chi connectivity index (χ2v) is 10.3. The first-order chi connectivity index (χ1) is 15.3. The van der Waals surface area contributed by atoms with E-state index in [0.29, 0.717) is 11.1 Å². The first kappa shape index (κ1) is 22.6. The number of amidine groups is 2. The summed E-state index contributed by atoms with van der Waals surface area (Å²) in [6.45, 7) is 10.6. The molecule has 1 aromatic carbocycles. The van der Waals surface area contributed by atoms with Gasteiger partial charge in [0, 0.05) is 17.1 Å². The fraction of sp³-hybridized carbons (Fsp3) is 0.333. The van der Waals surface area contributed by atoms with Gasteiger partial charge in [0.15, 0.2) is 10.2 Å². The summed E-state index contributed by atoms with van der Waals surface area (Å²) in [7, 11) is 0. The van der Waals surface area contributed by atoms with Crippen LogP contribution < -0.4 is 0 Å². The third-order valence-corrected chi connectivity index (χ3v) is 7.73. The highest BCUT2D eigenvalue weighted by Gasteiger charge is 2.35. The zero-order chi connectivity index (χ0) is 23.0. The van der Waals surface area contributed by atoms with Crippen LogP contribution in [0.5, 0.6) is 0 Å². The maximum atomic E-state index is 12.7. The predicted octanol–water partition coefficient (Wildman–Crippen LogP) is 5.94. The van der Waals surface area contributed by atoms with Crippen molar-refractivity contribution in [3.8, 4) is 5.69 Å². The number of hydrazone groups is 1. The maximum Gasteiger partial charge on any atom is 0.283 e. The standard InChI is InChI=1S/C24H27N5OS2/c1-6-14(3)17-8-10-19(11-9-17)28-15(4)12-18(16(28)5)13-20-21(25)29-23(26-22(20)30)32-24(27-29)31-7-2/h8-14,25H,6-7H2,1-5H3/b20-13+,25-21?. The van der Waals surface area contributed by atoms with Gasteiger partial charge in [-0.25, -0.2) is 0 Å². The molecule has 1 N–H and O–H groups in total. The molecule has 6 nitrogen and oxygen atoms in total. The third kappa shape index (κ3) is 4.09. The molecule has 3 heterocycles. The van der Waals surface area contributed by atoms with Crippen molar-refractivity contribution < 1.29 is 4.79 Å². The number of nitrogens with zero attached hydrogens (tertiary/aromatic N) is 4. The zero-order valence-corrected chi connectivity index (χ0v) is 20.6. The van der Waals surface area contributed by atoms with Gasteiger partial charge in [0.1, 0.15) is 0 Å². The highest BCUT2D eigenvalue weighted by atomic mass is 32.2. The fourth-order valence-corrected chi connectivity index (χ4v) is 5.66. The summed E-state index contributed by atoms with van der Waals surface area (Å²) >= 11 is 2.92. The summed E-state index contributed by atoms with van der Waals surface area (Å²) in [4.78, 5) is 16.9. The van der Waals surface area contributed by atoms with Crippen LogP contribution in [0.3, 0.4) is 0 Å². The van der Waals surface area contributed by atoms with Crippen molar-refractivity contribution in [3.63, 3.8) is 0 Å². The Labute approximate surface area is 197 Å². The molecule has 2 aliphatic heterocycles. The molecule has 1 atom stereocenters. The van der Waals surface area contributed by atoms with Crippen LogP contribution in [-0.2, 0) is 4.79 Å². The Balaban J connectivity index is 1.67. The van der Waals surface area contributed by atoms with E-state index in [9.17, 15) is 4.79 Å². The van der Waals surface area contributed by atoms with Crippen molar-refractivity contribution >= 4 is 50.9 Å². The molecule has 0 aliphatic carbocycles. The van der Waals surface area contributed by atoms with E-state index in [0.717, 1.165) is 39.2 Å². The molecule has 0 saturated heterocycles. The second kappa shape index (κ2) is 9.11. The number of amides is 1. The van der Waals surface area contributed by atoms with Crippen molar-refractivity contribution in [2.24, 2.45) is 10.1 Å². The number of aliphatic imine (C=N–C) groups is 1. The molecule has 1 amide bonds. The summed E-state index contributed by atoms with van der Waals surface area (Å²) in [5, 5.41) is 14.9. The molecule has 2 aromatic rings. The Hall–Kier alpha value is -2.58. The summed E-state index contributed by atoms with van der Waals surface area (Å²) in [6, 6.07) is 10.7. The second-order valence-electron chi connectivity index (χ2n) is 7.88. The first-order valence-electron chi connectivity index (χ1n) is 10.8. The Kier molecular flexibility index (Phi) is 6.44. The molecule has 4 rings (SSSR count). The molecule has 1 aromatic heterocycles. The Morgan fingerprint density at radius 3 is 2.59 bits per heavy atom. The summed E-state index contributed by atoms with van der Waals surface area (Å²) in [5.41, 5.74) is 5.67. The van der Waals surface area contributed by atoms with E-state index < -0.39 is 5.91 Å². The van der Waals surface area contributed by atoms with E-state index in [1.165, 1.54) is 22.3 Å². The zero-order valence-electron chi connectivity index (χ0n) is 19.0. The van der Waals surface area contributed by atoms with Crippen LogP contribution >= 0.6 is 23.5 Å². The lowest BCUT2D eigenvalue weighted by Gasteiger charge is -2.20. The van der Waals surface area contributed by atoms with Crippen molar-refractivity contribution in [1.29, 1.82) is 5.41 Å². The molecule has 32 heavy (non-hydrogen) atoms. The van der Waals surface area contributed by atoms with Gasteiger partial charge >= 0.3 is 0 Å². The lowest BCUT2D eigenvalue weighted by atomic mass is 9.98. The molecule has 0 bridgehead atoms. The van der Waals surface area contributed by atoms with Crippen LogP contribution in [-0.4, -0.2) is 36.6 Å². The van der Waals surface area contributed by atoms with E-state index in [4.69, 9.17) is 5.41 Å². The van der Waals surface area contributed by atoms with Gasteiger partial charge in [0.25, 0.3) is 5.91 Å². The average Bonchev–Trinajstić information content (AvgIpc) is 3.30. The highest BCUT2D eigenvalue weighted by Crippen LogP contribution is 2.33. The van der Waals surface area contributed by atoms with Crippen LogP contribution in [0.4, 0.5) is 0 Å². The minimum atomic E-state index is -0.394. The van der Waals surface area contributed by atoms with Gasteiger partial charge < -0.3 is 4.57 Å². The van der Waals surface area contributed by atoms with Gasteiger partial charge in [-0.05, 0) is 79.1 Å². The van der Waals surface area contributed by atoms with Gasteiger partial charge in [-0.2, -0.15) is 10.0 Å². The molecule has 2 aliphatic rings. The molecule has 8 heteroatoms. The van der Waals surface area contributed by atoms with Gasteiger partial charge in [-0.1, -0.05) is 44.7 Å². The van der Waals surface area contributed by atoms with Crippen LogP contribution in [0.25, 0.3) is 11.8 Å². The number of carbonyl (C=O) groups excluding carboxylic acids is 1. The SMILES string of the molecule is CCSC1=NN2C(=N)/C(=C\c3cc(C)n(-c4ccc(C(C)CC)cc4)c3C)C(=O)N=C2S1. The number of thioether (sulfide) groups is 2. The maximum absolute atomic E-state index is 12.7. The van der Waals surface area contributed by atoms with Crippen LogP contribution in [0.1, 0.15) is 55.6 Å². The molecular formula is C24H27N5OS2. The van der Waals surface area contributed by atoms with E-state index in [2.05, 4.69) is 59.7 Å². The van der Waals surface area contributed by atoms with Crippen LogP contribution in [0.2, 0.25) is 0 Å². The van der Waals surface area contributed by atoms with Gasteiger partial charge in [-0.15, -0.1) is 5.10 Å². The average molecular weight is 466 g/mol. The van der Waals surface area contributed by atoms with Crippen LogP contribution in [0, 0.1) is 19.3 Å². The number of hydrogen-bond donors (Lipinski definition) is 1. The normalized spacial score (nSPS) is 18.2. The van der Waals surface area contributed by atoms with Gasteiger partial charge in [-0.3, -0.25) is 10.2 Å². The van der Waals surface area contributed by atoms with Crippen molar-refractivity contribution in [3.05, 3.63) is 58.4 Å². The van der Waals surface area contributed by atoms with E-state index in [-0.39, 0.29) is 11.4 Å². The van der Waals surface area contributed by atoms with Crippen molar-refractivity contribution in [2.45, 2.75) is 47.0 Å². The number of carbonyl (C=O) groups is 1. The number of nitrogens with one attached hydrogen (secondary N) is 1. The topological polar surface area (TPSA) is 73.8 Å². The summed E-state index contributed by atoms with van der Waals surface area (Å²) < 4.78 is 2.99. The first-order valence-corrected chi connectivity index (χ1v) is 12.6. The number of hydrogen-bond acceptors (Lipinski definition) is 5. The van der Waals surface area contributed by atoms with Gasteiger partial charge in [0.05, 0.1) is 5.57 Å². The lowest BCUT2D eigenvalue weighted by molar-refractivity contribution is -0.114. The molecule has 166 valence electrons. The van der Waals surface area contributed by atoms with Crippen molar-refractivity contribution in [1.82, 2.24) is 9.58 Å². The number of benzene rings is 1. The molecule has 0 spiro atoms. The minimum Gasteiger partial charge on any atom is -0.318 e. The largest absolute Gasteiger partial charge is 0.318 e. The van der Waals surface area contributed by atoms with Gasteiger partial charge in [0.2, 0.25) is 5.17 Å². The number of aromatic nitrogens is 1. The smallest absolute Gasteiger partial charge is 0.283 e. The number of rotatable bonds is 5. The fourth-order valence-electron chi connectivity index (χ4n) is 3.83. The highest BCUT2D eigenvalue weighted by molar-refractivity contribution is 8.45. The predicted molar refractivity (Wildman–Crippen MR) is 137 cm³/mol. The monoisotopic (exact) mass is 465 g/mol.